The predicted octanol–water partition coefficient (Wildman–Crippen LogP) is 4.80. The minimum atomic E-state index is -0.225. The predicted molar refractivity (Wildman–Crippen MR) is 118 cm³/mol. The zero-order valence-electron chi connectivity index (χ0n) is 17.2. The normalized spacial score (nSPS) is 11.7. The number of benzene rings is 3. The molecule has 4 heteroatoms. The Hall–Kier alpha value is -3.11. The molecule has 4 nitrogen and oxygen atoms in total. The molecule has 0 radical (unpaired) electrons. The molecule has 0 aliphatic heterocycles. The Kier molecular flexibility index (Phi) is 6.68. The van der Waals surface area contributed by atoms with Gasteiger partial charge >= 0.3 is 0 Å². The van der Waals surface area contributed by atoms with Crippen LogP contribution in [-0.2, 0) is 0 Å². The third-order valence-corrected chi connectivity index (χ3v) is 4.92. The smallest absolute Gasteiger partial charge is 0.251 e. The van der Waals surface area contributed by atoms with Gasteiger partial charge in [-0.3, -0.25) is 4.79 Å². The van der Waals surface area contributed by atoms with Crippen LogP contribution in [0.15, 0.2) is 66.7 Å². The SMILES string of the molecule is CCOc1cc(C)cc(-c2cc(C(=O)N[C@@H](CN)c3ccccc3)ccc2C)c1. The third kappa shape index (κ3) is 5.04. The lowest BCUT2D eigenvalue weighted by Gasteiger charge is -2.18. The average molecular weight is 389 g/mol. The van der Waals surface area contributed by atoms with Crippen LogP contribution in [0.3, 0.4) is 0 Å². The second kappa shape index (κ2) is 9.39. The van der Waals surface area contributed by atoms with Crippen LogP contribution in [0.1, 0.15) is 40.0 Å². The molecule has 3 aromatic rings. The zero-order chi connectivity index (χ0) is 20.8. The lowest BCUT2D eigenvalue weighted by Crippen LogP contribution is -2.33. The average Bonchev–Trinajstić information content (AvgIpc) is 2.72. The van der Waals surface area contributed by atoms with Gasteiger partial charge in [-0.1, -0.05) is 42.5 Å². The molecule has 1 amide bonds. The topological polar surface area (TPSA) is 64.3 Å². The van der Waals surface area contributed by atoms with Crippen LogP contribution in [0.2, 0.25) is 0 Å². The fourth-order valence-corrected chi connectivity index (χ4v) is 3.43. The van der Waals surface area contributed by atoms with Gasteiger partial charge in [0.2, 0.25) is 0 Å². The van der Waals surface area contributed by atoms with Crippen LogP contribution >= 0.6 is 0 Å². The van der Waals surface area contributed by atoms with Crippen molar-refractivity contribution >= 4 is 5.91 Å². The minimum absolute atomic E-state index is 0.136. The molecule has 0 saturated heterocycles. The molecule has 3 aromatic carbocycles. The summed E-state index contributed by atoms with van der Waals surface area (Å²) in [5, 5.41) is 3.05. The standard InChI is InChI=1S/C25H28N2O2/c1-4-29-22-13-17(2)12-21(14-22)23-15-20(11-10-18(23)3)25(28)27-24(16-26)19-8-6-5-7-9-19/h5-15,24H,4,16,26H2,1-3H3,(H,27,28)/t24-/m0/s1. The van der Waals surface area contributed by atoms with Gasteiger partial charge in [0, 0.05) is 12.1 Å². The Morgan fingerprint density at radius 1 is 1.03 bits per heavy atom. The molecule has 0 unspecified atom stereocenters. The summed E-state index contributed by atoms with van der Waals surface area (Å²) in [5.41, 5.74) is 11.8. The first-order valence-corrected chi connectivity index (χ1v) is 9.93. The van der Waals surface area contributed by atoms with Crippen molar-refractivity contribution in [3.05, 3.63) is 89.0 Å². The molecule has 150 valence electrons. The molecule has 29 heavy (non-hydrogen) atoms. The Labute approximate surface area is 172 Å². The third-order valence-electron chi connectivity index (χ3n) is 4.92. The van der Waals surface area contributed by atoms with E-state index in [1.165, 1.54) is 0 Å². The highest BCUT2D eigenvalue weighted by atomic mass is 16.5. The lowest BCUT2D eigenvalue weighted by atomic mass is 9.96. The summed E-state index contributed by atoms with van der Waals surface area (Å²) in [6, 6.07) is 21.5. The van der Waals surface area contributed by atoms with E-state index < -0.39 is 0 Å². The van der Waals surface area contributed by atoms with Crippen molar-refractivity contribution in [2.75, 3.05) is 13.2 Å². The van der Waals surface area contributed by atoms with E-state index in [-0.39, 0.29) is 11.9 Å². The van der Waals surface area contributed by atoms with Gasteiger partial charge in [-0.25, -0.2) is 0 Å². The van der Waals surface area contributed by atoms with Crippen molar-refractivity contribution in [1.29, 1.82) is 0 Å². The molecule has 0 spiro atoms. The van der Waals surface area contributed by atoms with E-state index in [4.69, 9.17) is 10.5 Å². The number of carbonyl (C=O) groups excluding carboxylic acids is 1. The molecule has 0 bridgehead atoms. The van der Waals surface area contributed by atoms with Crippen LogP contribution in [0.25, 0.3) is 11.1 Å². The number of ether oxygens (including phenoxy) is 1. The van der Waals surface area contributed by atoms with Crippen molar-refractivity contribution in [2.45, 2.75) is 26.8 Å². The number of aryl methyl sites for hydroxylation is 2. The molecule has 0 fully saturated rings. The number of hydrogen-bond donors (Lipinski definition) is 2. The van der Waals surface area contributed by atoms with Crippen LogP contribution < -0.4 is 15.8 Å². The second-order valence-corrected chi connectivity index (χ2v) is 7.17. The second-order valence-electron chi connectivity index (χ2n) is 7.17. The van der Waals surface area contributed by atoms with E-state index in [1.54, 1.807) is 0 Å². The minimum Gasteiger partial charge on any atom is -0.494 e. The van der Waals surface area contributed by atoms with Gasteiger partial charge in [-0.15, -0.1) is 0 Å². The summed E-state index contributed by atoms with van der Waals surface area (Å²) in [6.45, 7) is 7.02. The van der Waals surface area contributed by atoms with E-state index in [0.717, 1.165) is 33.6 Å². The van der Waals surface area contributed by atoms with Crippen molar-refractivity contribution in [2.24, 2.45) is 5.73 Å². The van der Waals surface area contributed by atoms with Crippen LogP contribution in [0.5, 0.6) is 5.75 Å². The number of nitrogens with two attached hydrogens (primary N) is 1. The maximum Gasteiger partial charge on any atom is 0.251 e. The van der Waals surface area contributed by atoms with Gasteiger partial charge in [0.05, 0.1) is 12.6 Å². The van der Waals surface area contributed by atoms with Gasteiger partial charge < -0.3 is 15.8 Å². The molecule has 0 aliphatic carbocycles. The fraction of sp³-hybridized carbons (Fsp3) is 0.240. The summed E-state index contributed by atoms with van der Waals surface area (Å²) < 4.78 is 5.69. The van der Waals surface area contributed by atoms with Gasteiger partial charge in [-0.05, 0) is 72.9 Å². The number of hydrogen-bond acceptors (Lipinski definition) is 3. The highest BCUT2D eigenvalue weighted by Gasteiger charge is 2.16. The molecule has 1 atom stereocenters. The summed E-state index contributed by atoms with van der Waals surface area (Å²) >= 11 is 0. The Morgan fingerprint density at radius 2 is 1.79 bits per heavy atom. The number of nitrogens with one attached hydrogen (secondary N) is 1. The first-order chi connectivity index (χ1) is 14.0. The molecule has 0 aliphatic rings. The van der Waals surface area contributed by atoms with Gasteiger partial charge in [-0.2, -0.15) is 0 Å². The molecular formula is C25H28N2O2. The highest BCUT2D eigenvalue weighted by Crippen LogP contribution is 2.29. The quantitative estimate of drug-likeness (QED) is 0.611. The van der Waals surface area contributed by atoms with Gasteiger partial charge in [0.1, 0.15) is 5.75 Å². The van der Waals surface area contributed by atoms with Crippen molar-refractivity contribution in [1.82, 2.24) is 5.32 Å². The number of amides is 1. The first-order valence-electron chi connectivity index (χ1n) is 9.93. The monoisotopic (exact) mass is 388 g/mol. The van der Waals surface area contributed by atoms with Crippen LogP contribution in [-0.4, -0.2) is 19.1 Å². The van der Waals surface area contributed by atoms with E-state index in [1.807, 2.05) is 81.4 Å². The summed E-state index contributed by atoms with van der Waals surface area (Å²) in [7, 11) is 0. The fourth-order valence-electron chi connectivity index (χ4n) is 3.43. The Bertz CT molecular complexity index is 983. The number of rotatable bonds is 7. The van der Waals surface area contributed by atoms with Crippen molar-refractivity contribution in [3.63, 3.8) is 0 Å². The van der Waals surface area contributed by atoms with Crippen molar-refractivity contribution in [3.8, 4) is 16.9 Å². The van der Waals surface area contributed by atoms with E-state index in [9.17, 15) is 4.79 Å². The highest BCUT2D eigenvalue weighted by molar-refractivity contribution is 5.96. The summed E-state index contributed by atoms with van der Waals surface area (Å²) in [4.78, 5) is 12.9. The summed E-state index contributed by atoms with van der Waals surface area (Å²) in [6.07, 6.45) is 0. The Morgan fingerprint density at radius 3 is 2.48 bits per heavy atom. The summed E-state index contributed by atoms with van der Waals surface area (Å²) in [5.74, 6) is 0.701. The molecule has 3 rings (SSSR count). The van der Waals surface area contributed by atoms with Crippen molar-refractivity contribution < 1.29 is 9.53 Å². The number of carbonyl (C=O) groups is 1. The molecular weight excluding hydrogens is 360 g/mol. The van der Waals surface area contributed by atoms with Crippen LogP contribution in [0.4, 0.5) is 0 Å². The molecule has 0 saturated carbocycles. The van der Waals surface area contributed by atoms with E-state index in [2.05, 4.69) is 11.4 Å². The molecule has 3 N–H and O–H groups in total. The molecule has 0 heterocycles. The van der Waals surface area contributed by atoms with E-state index >= 15 is 0 Å². The largest absolute Gasteiger partial charge is 0.494 e. The van der Waals surface area contributed by atoms with Gasteiger partial charge in [0.15, 0.2) is 0 Å². The molecule has 0 aromatic heterocycles. The zero-order valence-corrected chi connectivity index (χ0v) is 17.2. The Balaban J connectivity index is 1.90. The van der Waals surface area contributed by atoms with E-state index in [0.29, 0.717) is 18.7 Å². The van der Waals surface area contributed by atoms with Gasteiger partial charge in [0.25, 0.3) is 5.91 Å². The maximum atomic E-state index is 12.9. The van der Waals surface area contributed by atoms with Crippen LogP contribution in [0, 0.1) is 13.8 Å². The maximum absolute atomic E-state index is 12.9. The lowest BCUT2D eigenvalue weighted by molar-refractivity contribution is 0.0938. The first kappa shape index (κ1) is 20.6.